The standard InChI is InChI=1S/C20H14F5N7O3/c1-26-18-27-7-8-3-10(17(33)32(2)16(8)30-18)9-4-13(12(22)5-11(9)21)28-19(34)29-15-6-14(31-35-15)20(23,24)25/h3-7H,1-2H3,(H,26,27,30)(H2,28,29,34). The number of anilines is 3. The van der Waals surface area contributed by atoms with Crippen molar-refractivity contribution < 1.29 is 31.3 Å². The molecule has 4 rings (SSSR count). The van der Waals surface area contributed by atoms with Gasteiger partial charge in [-0.25, -0.2) is 18.6 Å². The van der Waals surface area contributed by atoms with Crippen LogP contribution in [0.5, 0.6) is 0 Å². The third-order valence-corrected chi connectivity index (χ3v) is 4.80. The molecule has 2 amide bonds. The van der Waals surface area contributed by atoms with E-state index in [2.05, 4.69) is 25.0 Å². The van der Waals surface area contributed by atoms with Gasteiger partial charge in [0.25, 0.3) is 5.56 Å². The first-order valence-corrected chi connectivity index (χ1v) is 9.63. The van der Waals surface area contributed by atoms with Crippen molar-refractivity contribution in [2.75, 3.05) is 23.0 Å². The number of benzene rings is 1. The van der Waals surface area contributed by atoms with E-state index in [4.69, 9.17) is 0 Å². The lowest BCUT2D eigenvalue weighted by Crippen LogP contribution is -2.22. The van der Waals surface area contributed by atoms with Gasteiger partial charge in [0.15, 0.2) is 5.69 Å². The summed E-state index contributed by atoms with van der Waals surface area (Å²) in [6.45, 7) is 0. The molecule has 0 unspecified atom stereocenters. The minimum Gasteiger partial charge on any atom is -0.357 e. The number of urea groups is 1. The molecule has 0 aliphatic heterocycles. The first-order chi connectivity index (χ1) is 16.5. The maximum Gasteiger partial charge on any atom is 0.436 e. The van der Waals surface area contributed by atoms with Crippen molar-refractivity contribution in [1.82, 2.24) is 19.7 Å². The number of carbonyl (C=O) groups is 1. The van der Waals surface area contributed by atoms with Crippen LogP contribution in [0.1, 0.15) is 5.69 Å². The number of alkyl halides is 3. The van der Waals surface area contributed by atoms with Crippen LogP contribution in [-0.4, -0.2) is 32.8 Å². The van der Waals surface area contributed by atoms with Gasteiger partial charge in [0.2, 0.25) is 11.8 Å². The maximum absolute atomic E-state index is 14.7. The van der Waals surface area contributed by atoms with E-state index in [0.717, 1.165) is 10.6 Å². The predicted octanol–water partition coefficient (Wildman–Crippen LogP) is 3.97. The summed E-state index contributed by atoms with van der Waals surface area (Å²) in [5, 5.41) is 9.81. The highest BCUT2D eigenvalue weighted by atomic mass is 19.4. The highest BCUT2D eigenvalue weighted by Gasteiger charge is 2.35. The second kappa shape index (κ2) is 8.66. The minimum absolute atomic E-state index is 0.174. The van der Waals surface area contributed by atoms with Crippen molar-refractivity contribution >= 4 is 34.6 Å². The summed E-state index contributed by atoms with van der Waals surface area (Å²) in [7, 11) is 2.99. The number of carbonyl (C=O) groups excluding carboxylic acids is 1. The Bertz CT molecular complexity index is 1510. The Hall–Kier alpha value is -4.56. The Morgan fingerprint density at radius 3 is 2.46 bits per heavy atom. The molecule has 0 aliphatic rings. The van der Waals surface area contributed by atoms with Gasteiger partial charge in [0.1, 0.15) is 17.3 Å². The Balaban J connectivity index is 1.67. The molecule has 3 aromatic heterocycles. The lowest BCUT2D eigenvalue weighted by atomic mass is 10.0. The molecule has 0 fully saturated rings. The smallest absolute Gasteiger partial charge is 0.357 e. The summed E-state index contributed by atoms with van der Waals surface area (Å²) >= 11 is 0. The van der Waals surface area contributed by atoms with Crippen molar-refractivity contribution in [3.63, 3.8) is 0 Å². The molecule has 182 valence electrons. The Morgan fingerprint density at radius 2 is 1.80 bits per heavy atom. The number of rotatable bonds is 4. The van der Waals surface area contributed by atoms with Gasteiger partial charge >= 0.3 is 12.2 Å². The van der Waals surface area contributed by atoms with Gasteiger partial charge in [-0.3, -0.25) is 14.7 Å². The number of hydrogen-bond donors (Lipinski definition) is 3. The minimum atomic E-state index is -4.80. The van der Waals surface area contributed by atoms with E-state index in [9.17, 15) is 31.5 Å². The van der Waals surface area contributed by atoms with Crippen LogP contribution in [0.3, 0.4) is 0 Å². The first kappa shape index (κ1) is 23.6. The molecular weight excluding hydrogens is 481 g/mol. The topological polar surface area (TPSA) is 127 Å². The molecular formula is C20H14F5N7O3. The number of pyridine rings is 1. The molecule has 10 nitrogen and oxygen atoms in total. The van der Waals surface area contributed by atoms with Crippen LogP contribution in [0.4, 0.5) is 44.3 Å². The number of hydrogen-bond acceptors (Lipinski definition) is 7. The molecule has 15 heteroatoms. The van der Waals surface area contributed by atoms with Crippen molar-refractivity contribution in [3.8, 4) is 11.1 Å². The first-order valence-electron chi connectivity index (χ1n) is 9.63. The third kappa shape index (κ3) is 4.60. The highest BCUT2D eigenvalue weighted by Crippen LogP contribution is 2.31. The normalized spacial score (nSPS) is 11.5. The summed E-state index contributed by atoms with van der Waals surface area (Å²) in [5.74, 6) is -2.71. The van der Waals surface area contributed by atoms with Crippen molar-refractivity contribution in [3.05, 3.63) is 58.1 Å². The zero-order valence-corrected chi connectivity index (χ0v) is 17.8. The van der Waals surface area contributed by atoms with Gasteiger partial charge in [-0.1, -0.05) is 5.16 Å². The molecule has 0 bridgehead atoms. The molecule has 35 heavy (non-hydrogen) atoms. The largest absolute Gasteiger partial charge is 0.436 e. The van der Waals surface area contributed by atoms with E-state index in [-0.39, 0.29) is 22.7 Å². The fourth-order valence-corrected chi connectivity index (χ4v) is 3.14. The monoisotopic (exact) mass is 495 g/mol. The van der Waals surface area contributed by atoms with Crippen LogP contribution in [-0.2, 0) is 13.2 Å². The van der Waals surface area contributed by atoms with Gasteiger partial charge in [0.05, 0.1) is 11.3 Å². The van der Waals surface area contributed by atoms with E-state index >= 15 is 0 Å². The summed E-state index contributed by atoms with van der Waals surface area (Å²) in [6.07, 6.45) is -3.40. The van der Waals surface area contributed by atoms with Crippen molar-refractivity contribution in [2.45, 2.75) is 6.18 Å². The maximum atomic E-state index is 14.7. The SMILES string of the molecule is CNc1ncc2cc(-c3cc(NC(=O)Nc4cc(C(F)(F)F)no4)c(F)cc3F)c(=O)n(C)c2n1. The molecule has 0 saturated heterocycles. The summed E-state index contributed by atoms with van der Waals surface area (Å²) in [5.41, 5.74) is -2.88. The number of nitrogens with one attached hydrogen (secondary N) is 3. The quantitative estimate of drug-likeness (QED) is 0.366. The zero-order valence-electron chi connectivity index (χ0n) is 17.8. The number of aromatic nitrogens is 4. The van der Waals surface area contributed by atoms with Gasteiger partial charge in [-0.05, 0) is 12.1 Å². The molecule has 3 heterocycles. The molecule has 0 atom stereocenters. The van der Waals surface area contributed by atoms with Crippen LogP contribution >= 0.6 is 0 Å². The van der Waals surface area contributed by atoms with E-state index in [1.165, 1.54) is 19.3 Å². The van der Waals surface area contributed by atoms with Crippen molar-refractivity contribution in [2.24, 2.45) is 7.05 Å². The number of nitrogens with zero attached hydrogens (tertiary/aromatic N) is 4. The van der Waals surface area contributed by atoms with E-state index < -0.39 is 46.7 Å². The lowest BCUT2D eigenvalue weighted by Gasteiger charge is -2.12. The van der Waals surface area contributed by atoms with Gasteiger partial charge in [0, 0.05) is 43.4 Å². The Labute approximate surface area is 191 Å². The average molecular weight is 495 g/mol. The number of aryl methyl sites for hydroxylation is 1. The Kier molecular flexibility index (Phi) is 5.84. The molecule has 0 saturated carbocycles. The van der Waals surface area contributed by atoms with Crippen LogP contribution in [0.25, 0.3) is 22.2 Å². The van der Waals surface area contributed by atoms with E-state index in [0.29, 0.717) is 17.5 Å². The number of halogens is 5. The van der Waals surface area contributed by atoms with Gasteiger partial charge in [-0.2, -0.15) is 18.2 Å². The summed E-state index contributed by atoms with van der Waals surface area (Å²) < 4.78 is 72.3. The second-order valence-corrected chi connectivity index (χ2v) is 7.11. The van der Waals surface area contributed by atoms with E-state index in [1.54, 1.807) is 7.05 Å². The van der Waals surface area contributed by atoms with E-state index in [1.807, 2.05) is 10.6 Å². The fourth-order valence-electron chi connectivity index (χ4n) is 3.14. The highest BCUT2D eigenvalue weighted by molar-refractivity contribution is 5.99. The fraction of sp³-hybridized carbons (Fsp3) is 0.150. The zero-order chi connectivity index (χ0) is 25.5. The number of fused-ring (bicyclic) bond motifs is 1. The molecule has 3 N–H and O–H groups in total. The van der Waals surface area contributed by atoms with Crippen LogP contribution in [0, 0.1) is 11.6 Å². The van der Waals surface area contributed by atoms with Crippen LogP contribution < -0.4 is 21.5 Å². The molecule has 0 aliphatic carbocycles. The second-order valence-electron chi connectivity index (χ2n) is 7.11. The lowest BCUT2D eigenvalue weighted by molar-refractivity contribution is -0.142. The van der Waals surface area contributed by atoms with Crippen LogP contribution in [0.2, 0.25) is 0 Å². The summed E-state index contributed by atoms with van der Waals surface area (Å²) in [4.78, 5) is 33.2. The molecule has 4 aromatic rings. The predicted molar refractivity (Wildman–Crippen MR) is 114 cm³/mol. The summed E-state index contributed by atoms with van der Waals surface area (Å²) in [6, 6.07) is 1.85. The molecule has 0 spiro atoms. The van der Waals surface area contributed by atoms with Gasteiger partial charge in [-0.15, -0.1) is 0 Å². The Morgan fingerprint density at radius 1 is 1.06 bits per heavy atom. The molecule has 0 radical (unpaired) electrons. The third-order valence-electron chi connectivity index (χ3n) is 4.80. The average Bonchev–Trinajstić information content (AvgIpc) is 3.27. The molecule has 1 aromatic carbocycles. The van der Waals surface area contributed by atoms with Gasteiger partial charge < -0.3 is 15.2 Å². The van der Waals surface area contributed by atoms with Crippen LogP contribution in [0.15, 0.2) is 39.8 Å². The van der Waals surface area contributed by atoms with Crippen molar-refractivity contribution in [1.29, 1.82) is 0 Å². The number of amides is 2.